The molecular weight excluding hydrogens is 256 g/mol. The van der Waals surface area contributed by atoms with Crippen molar-refractivity contribution in [3.8, 4) is 0 Å². The number of carbonyl (C=O) groups excluding carboxylic acids is 1. The van der Waals surface area contributed by atoms with E-state index in [1.165, 1.54) is 5.01 Å². The van der Waals surface area contributed by atoms with Crippen molar-refractivity contribution >= 4 is 11.8 Å². The van der Waals surface area contributed by atoms with Crippen LogP contribution in [0.5, 0.6) is 0 Å². The molecule has 0 bridgehead atoms. The zero-order chi connectivity index (χ0) is 14.2. The summed E-state index contributed by atoms with van der Waals surface area (Å²) in [5, 5.41) is 12.1. The molecule has 0 aromatic heterocycles. The molecule has 1 saturated carbocycles. The van der Waals surface area contributed by atoms with E-state index < -0.39 is 17.4 Å². The van der Waals surface area contributed by atoms with Crippen LogP contribution in [0.3, 0.4) is 0 Å². The van der Waals surface area contributed by atoms with E-state index in [-0.39, 0.29) is 0 Å². The molecule has 1 aliphatic heterocycles. The van der Waals surface area contributed by atoms with Crippen molar-refractivity contribution in [3.63, 3.8) is 0 Å². The zero-order valence-electron chi connectivity index (χ0n) is 11.6. The molecule has 0 radical (unpaired) electrons. The largest absolute Gasteiger partial charge is 0.436 e. The van der Waals surface area contributed by atoms with Gasteiger partial charge in [-0.05, 0) is 44.7 Å². The van der Waals surface area contributed by atoms with E-state index in [0.717, 1.165) is 24.9 Å². The summed E-state index contributed by atoms with van der Waals surface area (Å²) in [5.74, 6) is 0. The first-order chi connectivity index (χ1) is 9.55. The molecule has 0 unspecified atom stereocenters. The van der Waals surface area contributed by atoms with E-state index in [0.29, 0.717) is 12.8 Å². The van der Waals surface area contributed by atoms with Gasteiger partial charge in [-0.3, -0.25) is 5.43 Å². The number of hydrazine groups is 1. The van der Waals surface area contributed by atoms with Gasteiger partial charge in [0.2, 0.25) is 0 Å². The Kier molecular flexibility index (Phi) is 3.09. The van der Waals surface area contributed by atoms with Crippen molar-refractivity contribution in [1.82, 2.24) is 5.01 Å². The fraction of sp³-hybridized carbons (Fsp3) is 0.533. The molecule has 1 aromatic carbocycles. The van der Waals surface area contributed by atoms with E-state index in [2.05, 4.69) is 5.43 Å². The molecule has 1 aliphatic carbocycles. The van der Waals surface area contributed by atoms with E-state index in [9.17, 15) is 9.90 Å². The Morgan fingerprint density at radius 3 is 2.50 bits per heavy atom. The molecule has 5 nitrogen and oxygen atoms in total. The van der Waals surface area contributed by atoms with Gasteiger partial charge in [0.25, 0.3) is 0 Å². The van der Waals surface area contributed by atoms with Crippen LogP contribution < -0.4 is 5.43 Å². The topological polar surface area (TPSA) is 61.8 Å². The van der Waals surface area contributed by atoms with Crippen LogP contribution in [0.1, 0.15) is 39.0 Å². The third-order valence-corrected chi connectivity index (χ3v) is 4.44. The molecule has 20 heavy (non-hydrogen) atoms. The Bertz CT molecular complexity index is 495. The number of rotatable bonds is 2. The van der Waals surface area contributed by atoms with Crippen LogP contribution in [0.25, 0.3) is 0 Å². The average Bonchev–Trinajstić information content (AvgIpc) is 2.62. The van der Waals surface area contributed by atoms with Crippen LogP contribution in [0, 0.1) is 0 Å². The van der Waals surface area contributed by atoms with Gasteiger partial charge in [-0.15, -0.1) is 0 Å². The predicted octanol–water partition coefficient (Wildman–Crippen LogP) is 2.88. The quantitative estimate of drug-likeness (QED) is 0.872. The highest BCUT2D eigenvalue weighted by atomic mass is 16.6. The van der Waals surface area contributed by atoms with Gasteiger partial charge in [0, 0.05) is 0 Å². The van der Waals surface area contributed by atoms with Gasteiger partial charge in [-0.25, -0.2) is 4.79 Å². The number of hydrogen-bond acceptors (Lipinski definition) is 4. The first-order valence-electron chi connectivity index (χ1n) is 7.12. The number of carbonyl (C=O) groups is 1. The van der Waals surface area contributed by atoms with E-state index in [4.69, 9.17) is 4.74 Å². The molecule has 108 valence electrons. The van der Waals surface area contributed by atoms with Crippen molar-refractivity contribution in [3.05, 3.63) is 30.3 Å². The van der Waals surface area contributed by atoms with Gasteiger partial charge in [-0.2, -0.15) is 5.01 Å². The second-order valence-electron chi connectivity index (χ2n) is 5.76. The third-order valence-electron chi connectivity index (χ3n) is 4.44. The lowest BCUT2D eigenvalue weighted by Gasteiger charge is -2.41. The molecular formula is C15H20N2O3. The minimum Gasteiger partial charge on any atom is -0.436 e. The summed E-state index contributed by atoms with van der Waals surface area (Å²) < 4.78 is 5.56. The number of nitrogens with one attached hydrogen (secondary N) is 1. The smallest absolute Gasteiger partial charge is 0.432 e. The maximum Gasteiger partial charge on any atom is 0.432 e. The Morgan fingerprint density at radius 1 is 1.20 bits per heavy atom. The molecule has 1 amide bonds. The third kappa shape index (κ3) is 1.93. The van der Waals surface area contributed by atoms with E-state index in [1.54, 1.807) is 6.92 Å². The van der Waals surface area contributed by atoms with Gasteiger partial charge < -0.3 is 9.84 Å². The van der Waals surface area contributed by atoms with Crippen LogP contribution >= 0.6 is 0 Å². The van der Waals surface area contributed by atoms with Gasteiger partial charge in [0.1, 0.15) is 0 Å². The highest BCUT2D eigenvalue weighted by molar-refractivity contribution is 5.74. The number of para-hydroxylation sites is 1. The number of nitrogens with zero attached hydrogens (tertiary/aromatic N) is 1. The fourth-order valence-electron chi connectivity index (χ4n) is 3.19. The zero-order valence-corrected chi connectivity index (χ0v) is 11.6. The number of ether oxygens (including phenoxy) is 1. The maximum absolute atomic E-state index is 12.1. The maximum atomic E-state index is 12.1. The highest BCUT2D eigenvalue weighted by Crippen LogP contribution is 2.46. The second-order valence-corrected chi connectivity index (χ2v) is 5.76. The standard InChI is InChI=1S/C15H20N2O3/c1-14(19)15(10-6-3-7-11-15)20-13(18)17(14)16-12-8-4-2-5-9-12/h2,4-5,8-9,16,19H,3,6-7,10-11H2,1H3/t14-/m0/s1. The molecule has 1 aromatic rings. The van der Waals surface area contributed by atoms with Gasteiger partial charge in [-0.1, -0.05) is 24.6 Å². The van der Waals surface area contributed by atoms with Crippen molar-refractivity contribution < 1.29 is 14.6 Å². The summed E-state index contributed by atoms with van der Waals surface area (Å²) in [4.78, 5) is 12.1. The Morgan fingerprint density at radius 2 is 1.85 bits per heavy atom. The number of amides is 1. The molecule has 3 rings (SSSR count). The molecule has 2 fully saturated rings. The molecule has 1 saturated heterocycles. The molecule has 2 N–H and O–H groups in total. The minimum atomic E-state index is -1.35. The molecule has 5 heteroatoms. The summed E-state index contributed by atoms with van der Waals surface area (Å²) in [6.07, 6.45) is 3.98. The predicted molar refractivity (Wildman–Crippen MR) is 74.8 cm³/mol. The van der Waals surface area contributed by atoms with Crippen LogP contribution in [-0.4, -0.2) is 27.5 Å². The van der Waals surface area contributed by atoms with E-state index >= 15 is 0 Å². The summed E-state index contributed by atoms with van der Waals surface area (Å²) in [6.45, 7) is 1.65. The number of benzene rings is 1. The number of anilines is 1. The Balaban J connectivity index is 1.86. The normalized spacial score (nSPS) is 28.5. The van der Waals surface area contributed by atoms with Crippen LogP contribution in [0.2, 0.25) is 0 Å². The minimum absolute atomic E-state index is 0.513. The van der Waals surface area contributed by atoms with Gasteiger partial charge in [0.15, 0.2) is 11.3 Å². The van der Waals surface area contributed by atoms with Crippen molar-refractivity contribution in [2.45, 2.75) is 50.4 Å². The lowest BCUT2D eigenvalue weighted by Crippen LogP contribution is -2.58. The highest BCUT2D eigenvalue weighted by Gasteiger charge is 2.62. The van der Waals surface area contributed by atoms with Crippen LogP contribution in [0.15, 0.2) is 30.3 Å². The Hall–Kier alpha value is -1.75. The summed E-state index contributed by atoms with van der Waals surface area (Å²) in [6, 6.07) is 9.32. The Labute approximate surface area is 118 Å². The molecule has 1 spiro atoms. The first kappa shape index (κ1) is 13.2. The average molecular weight is 276 g/mol. The van der Waals surface area contributed by atoms with E-state index in [1.807, 2.05) is 30.3 Å². The van der Waals surface area contributed by atoms with Crippen molar-refractivity contribution in [1.29, 1.82) is 0 Å². The number of aliphatic hydroxyl groups is 1. The molecule has 1 heterocycles. The second kappa shape index (κ2) is 4.66. The van der Waals surface area contributed by atoms with Gasteiger partial charge in [0.05, 0.1) is 5.69 Å². The van der Waals surface area contributed by atoms with Gasteiger partial charge >= 0.3 is 6.09 Å². The van der Waals surface area contributed by atoms with Crippen LogP contribution in [-0.2, 0) is 4.74 Å². The summed E-state index contributed by atoms with van der Waals surface area (Å²) in [7, 11) is 0. The lowest BCUT2D eigenvalue weighted by atomic mass is 9.78. The molecule has 1 atom stereocenters. The monoisotopic (exact) mass is 276 g/mol. The molecule has 2 aliphatic rings. The summed E-state index contributed by atoms with van der Waals surface area (Å²) in [5.41, 5.74) is 1.57. The first-order valence-corrected chi connectivity index (χ1v) is 7.12. The summed E-state index contributed by atoms with van der Waals surface area (Å²) >= 11 is 0. The fourth-order valence-corrected chi connectivity index (χ4v) is 3.19. The number of hydrogen-bond donors (Lipinski definition) is 2. The van der Waals surface area contributed by atoms with Crippen molar-refractivity contribution in [2.75, 3.05) is 5.43 Å². The lowest BCUT2D eigenvalue weighted by molar-refractivity contribution is -0.154. The van der Waals surface area contributed by atoms with Crippen molar-refractivity contribution in [2.24, 2.45) is 0 Å². The SMILES string of the molecule is C[C@@]1(O)N(Nc2ccccc2)C(=O)OC12CCCCC2. The van der Waals surface area contributed by atoms with Crippen LogP contribution in [0.4, 0.5) is 10.5 Å².